The number of hydrogen-bond acceptors (Lipinski definition) is 2. The van der Waals surface area contributed by atoms with Crippen molar-refractivity contribution in [3.05, 3.63) is 22.7 Å². The summed E-state index contributed by atoms with van der Waals surface area (Å²) in [5.41, 5.74) is -0.176. The largest absolute Gasteiger partial charge is 0.489 e. The molecule has 0 aliphatic heterocycles. The van der Waals surface area contributed by atoms with Gasteiger partial charge in [0.1, 0.15) is 17.1 Å². The van der Waals surface area contributed by atoms with E-state index in [1.165, 1.54) is 0 Å². The van der Waals surface area contributed by atoms with Gasteiger partial charge in [-0.25, -0.2) is 0 Å². The summed E-state index contributed by atoms with van der Waals surface area (Å²) in [4.78, 5) is 0. The molecule has 2 rings (SSSR count). The Labute approximate surface area is 105 Å². The van der Waals surface area contributed by atoms with E-state index in [1.54, 1.807) is 0 Å². The van der Waals surface area contributed by atoms with E-state index in [1.807, 2.05) is 39.0 Å². The van der Waals surface area contributed by atoms with Gasteiger partial charge in [0.05, 0.1) is 10.6 Å². The van der Waals surface area contributed by atoms with E-state index in [0.717, 1.165) is 28.8 Å². The predicted octanol–water partition coefficient (Wildman–Crippen LogP) is 4.17. The zero-order valence-electron chi connectivity index (χ0n) is 9.92. The molecule has 0 unspecified atom stereocenters. The zero-order chi connectivity index (χ0) is 11.8. The Morgan fingerprint density at radius 2 is 1.94 bits per heavy atom. The summed E-state index contributed by atoms with van der Waals surface area (Å²) in [6.45, 7) is 6.11. The lowest BCUT2D eigenvalue weighted by molar-refractivity contribution is 0.130. The van der Waals surface area contributed by atoms with E-state index in [4.69, 9.17) is 9.47 Å². The molecule has 0 heterocycles. The first-order valence-corrected chi connectivity index (χ1v) is 6.38. The molecule has 1 aromatic rings. The Morgan fingerprint density at radius 3 is 2.50 bits per heavy atom. The van der Waals surface area contributed by atoms with Crippen LogP contribution in [0, 0.1) is 0 Å². The van der Waals surface area contributed by atoms with Crippen LogP contribution in [0.2, 0.25) is 0 Å². The number of benzene rings is 1. The van der Waals surface area contributed by atoms with Gasteiger partial charge in [-0.05, 0) is 61.7 Å². The topological polar surface area (TPSA) is 18.5 Å². The van der Waals surface area contributed by atoms with Gasteiger partial charge in [0.2, 0.25) is 0 Å². The van der Waals surface area contributed by atoms with Crippen LogP contribution in [0.3, 0.4) is 0 Å². The van der Waals surface area contributed by atoms with Crippen LogP contribution in [0.25, 0.3) is 0 Å². The van der Waals surface area contributed by atoms with Crippen molar-refractivity contribution in [1.82, 2.24) is 0 Å². The quantitative estimate of drug-likeness (QED) is 0.830. The maximum Gasteiger partial charge on any atom is 0.137 e. The van der Waals surface area contributed by atoms with E-state index in [0.29, 0.717) is 6.10 Å². The number of rotatable bonds is 3. The normalized spacial score (nSPS) is 16.0. The molecule has 0 aromatic heterocycles. The van der Waals surface area contributed by atoms with Crippen LogP contribution >= 0.6 is 15.9 Å². The van der Waals surface area contributed by atoms with Crippen LogP contribution in [0.4, 0.5) is 0 Å². The molecule has 1 saturated carbocycles. The average Bonchev–Trinajstić information content (AvgIpc) is 2.92. The highest BCUT2D eigenvalue weighted by Crippen LogP contribution is 2.35. The zero-order valence-corrected chi connectivity index (χ0v) is 11.5. The molecule has 1 aliphatic carbocycles. The van der Waals surface area contributed by atoms with Crippen LogP contribution in [0.15, 0.2) is 22.7 Å². The molecule has 0 bridgehead atoms. The number of hydrogen-bond donors (Lipinski definition) is 0. The van der Waals surface area contributed by atoms with Gasteiger partial charge in [-0.3, -0.25) is 0 Å². The maximum absolute atomic E-state index is 5.80. The smallest absolute Gasteiger partial charge is 0.137 e. The molecule has 1 aromatic carbocycles. The van der Waals surface area contributed by atoms with Crippen molar-refractivity contribution in [2.45, 2.75) is 45.3 Å². The lowest BCUT2D eigenvalue weighted by Crippen LogP contribution is -2.22. The summed E-state index contributed by atoms with van der Waals surface area (Å²) in [6.07, 6.45) is 2.73. The molecule has 0 spiro atoms. The molecular formula is C13H17BrO2. The number of halogens is 1. The average molecular weight is 285 g/mol. The molecule has 1 fully saturated rings. The van der Waals surface area contributed by atoms with E-state index in [-0.39, 0.29) is 5.60 Å². The highest BCUT2D eigenvalue weighted by atomic mass is 79.9. The second kappa shape index (κ2) is 4.28. The lowest BCUT2D eigenvalue weighted by Gasteiger charge is -2.21. The fraction of sp³-hybridized carbons (Fsp3) is 0.538. The minimum absolute atomic E-state index is 0.176. The minimum Gasteiger partial charge on any atom is -0.489 e. The fourth-order valence-electron chi connectivity index (χ4n) is 1.36. The molecule has 1 aliphatic rings. The Morgan fingerprint density at radius 1 is 1.25 bits per heavy atom. The maximum atomic E-state index is 5.80. The van der Waals surface area contributed by atoms with Crippen LogP contribution in [0.1, 0.15) is 33.6 Å². The minimum atomic E-state index is -0.176. The molecule has 88 valence electrons. The van der Waals surface area contributed by atoms with E-state index in [9.17, 15) is 0 Å². The van der Waals surface area contributed by atoms with Gasteiger partial charge in [-0.1, -0.05) is 0 Å². The predicted molar refractivity (Wildman–Crippen MR) is 68.2 cm³/mol. The monoisotopic (exact) mass is 284 g/mol. The standard InChI is InChI=1S/C13H17BrO2/c1-13(2,3)16-10-6-7-11(14)12(8-10)15-9-4-5-9/h6-9H,4-5H2,1-3H3. The van der Waals surface area contributed by atoms with Crippen molar-refractivity contribution < 1.29 is 9.47 Å². The van der Waals surface area contributed by atoms with Crippen LogP contribution in [-0.2, 0) is 0 Å². The SMILES string of the molecule is CC(C)(C)Oc1ccc(Br)c(OC2CC2)c1. The molecule has 0 atom stereocenters. The Kier molecular flexibility index (Phi) is 3.15. The van der Waals surface area contributed by atoms with Crippen molar-refractivity contribution in [2.24, 2.45) is 0 Å². The fourth-order valence-corrected chi connectivity index (χ4v) is 1.70. The molecule has 0 saturated heterocycles. The molecule has 0 N–H and O–H groups in total. The molecule has 2 nitrogen and oxygen atoms in total. The van der Waals surface area contributed by atoms with Crippen molar-refractivity contribution in [1.29, 1.82) is 0 Å². The summed E-state index contributed by atoms with van der Waals surface area (Å²) in [5.74, 6) is 1.73. The van der Waals surface area contributed by atoms with Gasteiger partial charge in [0, 0.05) is 6.07 Å². The van der Waals surface area contributed by atoms with Gasteiger partial charge in [-0.15, -0.1) is 0 Å². The summed E-state index contributed by atoms with van der Waals surface area (Å²) < 4.78 is 12.6. The van der Waals surface area contributed by atoms with E-state index < -0.39 is 0 Å². The van der Waals surface area contributed by atoms with Crippen LogP contribution in [0.5, 0.6) is 11.5 Å². The van der Waals surface area contributed by atoms with Gasteiger partial charge in [0.25, 0.3) is 0 Å². The molecule has 16 heavy (non-hydrogen) atoms. The first-order chi connectivity index (χ1) is 7.44. The second-order valence-corrected chi connectivity index (χ2v) is 5.98. The lowest BCUT2D eigenvalue weighted by atomic mass is 10.2. The van der Waals surface area contributed by atoms with Crippen molar-refractivity contribution in [2.75, 3.05) is 0 Å². The van der Waals surface area contributed by atoms with Gasteiger partial charge in [0.15, 0.2) is 0 Å². The van der Waals surface area contributed by atoms with Gasteiger partial charge < -0.3 is 9.47 Å². The third kappa shape index (κ3) is 3.41. The van der Waals surface area contributed by atoms with Crippen LogP contribution in [-0.4, -0.2) is 11.7 Å². The molecule has 3 heteroatoms. The highest BCUT2D eigenvalue weighted by Gasteiger charge is 2.24. The Bertz CT molecular complexity index is 378. The summed E-state index contributed by atoms with van der Waals surface area (Å²) in [6, 6.07) is 5.88. The third-order valence-corrected chi connectivity index (χ3v) is 2.80. The van der Waals surface area contributed by atoms with Gasteiger partial charge >= 0.3 is 0 Å². The first kappa shape index (κ1) is 11.8. The summed E-state index contributed by atoms with van der Waals surface area (Å²) in [7, 11) is 0. The molecule has 0 amide bonds. The molecule has 0 radical (unpaired) electrons. The Hall–Kier alpha value is -0.700. The van der Waals surface area contributed by atoms with Crippen molar-refractivity contribution in [3.63, 3.8) is 0 Å². The summed E-state index contributed by atoms with van der Waals surface area (Å²) >= 11 is 3.49. The molecular weight excluding hydrogens is 268 g/mol. The Balaban J connectivity index is 2.14. The highest BCUT2D eigenvalue weighted by molar-refractivity contribution is 9.10. The first-order valence-electron chi connectivity index (χ1n) is 5.59. The van der Waals surface area contributed by atoms with Crippen LogP contribution < -0.4 is 9.47 Å². The summed E-state index contributed by atoms with van der Waals surface area (Å²) in [5, 5.41) is 0. The van der Waals surface area contributed by atoms with Gasteiger partial charge in [-0.2, -0.15) is 0 Å². The number of ether oxygens (including phenoxy) is 2. The second-order valence-electron chi connectivity index (χ2n) is 5.12. The van der Waals surface area contributed by atoms with E-state index >= 15 is 0 Å². The van der Waals surface area contributed by atoms with Crippen molar-refractivity contribution in [3.8, 4) is 11.5 Å². The van der Waals surface area contributed by atoms with E-state index in [2.05, 4.69) is 15.9 Å². The van der Waals surface area contributed by atoms with Crippen molar-refractivity contribution >= 4 is 15.9 Å². The third-order valence-electron chi connectivity index (χ3n) is 2.14.